The minimum absolute atomic E-state index is 0.00112. The first-order valence-electron chi connectivity index (χ1n) is 5.92. The molecule has 0 bridgehead atoms. The lowest BCUT2D eigenvalue weighted by Crippen LogP contribution is -2.41. The molecule has 5 heteroatoms. The predicted octanol–water partition coefficient (Wildman–Crippen LogP) is 3.25. The predicted molar refractivity (Wildman–Crippen MR) is 70.6 cm³/mol. The van der Waals surface area contributed by atoms with Crippen LogP contribution < -0.4 is 0 Å². The van der Waals surface area contributed by atoms with Gasteiger partial charge in [0.25, 0.3) is 0 Å². The van der Waals surface area contributed by atoms with E-state index in [-0.39, 0.29) is 23.3 Å². The minimum Gasteiger partial charge on any atom is -0.341 e. The van der Waals surface area contributed by atoms with Crippen LogP contribution in [0.3, 0.4) is 0 Å². The van der Waals surface area contributed by atoms with Crippen LogP contribution >= 0.6 is 23.2 Å². The summed E-state index contributed by atoms with van der Waals surface area (Å²) >= 11 is 11.9. The maximum Gasteiger partial charge on any atom is 0.227 e. The Balaban J connectivity index is 2.07. The molecule has 1 aliphatic rings. The van der Waals surface area contributed by atoms with Crippen molar-refractivity contribution in [3.8, 4) is 0 Å². The Labute approximate surface area is 116 Å². The first-order chi connectivity index (χ1) is 8.58. The molecule has 0 spiro atoms. The van der Waals surface area contributed by atoms with Gasteiger partial charge in [-0.25, -0.2) is 4.39 Å². The standard InChI is InChI=1S/C13H14Cl2FNO/c14-9-3-2-6-17(8-9)13(18)7-10-11(15)4-1-5-12(10)16/h1,4-5,9H,2-3,6-8H2. The highest BCUT2D eigenvalue weighted by Gasteiger charge is 2.23. The van der Waals surface area contributed by atoms with Gasteiger partial charge in [-0.15, -0.1) is 11.6 Å². The Kier molecular flexibility index (Phi) is 4.46. The monoisotopic (exact) mass is 289 g/mol. The van der Waals surface area contributed by atoms with Crippen molar-refractivity contribution in [3.05, 3.63) is 34.6 Å². The summed E-state index contributed by atoms with van der Waals surface area (Å²) in [5.74, 6) is -0.553. The molecule has 0 radical (unpaired) electrons. The third kappa shape index (κ3) is 3.15. The molecule has 1 aliphatic heterocycles. The third-order valence-corrected chi connectivity index (χ3v) is 3.82. The summed E-state index contributed by atoms with van der Waals surface area (Å²) in [6, 6.07) is 4.43. The van der Waals surface area contributed by atoms with E-state index in [1.165, 1.54) is 12.1 Å². The Bertz CT molecular complexity index is 432. The van der Waals surface area contributed by atoms with Gasteiger partial charge in [-0.05, 0) is 25.0 Å². The molecule has 1 aromatic rings. The van der Waals surface area contributed by atoms with Gasteiger partial charge in [-0.1, -0.05) is 17.7 Å². The number of nitrogens with zero attached hydrogens (tertiary/aromatic N) is 1. The van der Waals surface area contributed by atoms with E-state index in [0.717, 1.165) is 12.8 Å². The molecule has 2 rings (SSSR count). The van der Waals surface area contributed by atoms with E-state index in [1.807, 2.05) is 0 Å². The fourth-order valence-electron chi connectivity index (χ4n) is 2.12. The van der Waals surface area contributed by atoms with E-state index in [9.17, 15) is 9.18 Å². The fourth-order valence-corrected chi connectivity index (χ4v) is 2.67. The number of benzene rings is 1. The molecule has 1 fully saturated rings. The fraction of sp³-hybridized carbons (Fsp3) is 0.462. The lowest BCUT2D eigenvalue weighted by molar-refractivity contribution is -0.131. The number of rotatable bonds is 2. The quantitative estimate of drug-likeness (QED) is 0.766. The Morgan fingerprint density at radius 3 is 2.94 bits per heavy atom. The van der Waals surface area contributed by atoms with Crippen LogP contribution in [0, 0.1) is 5.82 Å². The van der Waals surface area contributed by atoms with E-state index in [2.05, 4.69) is 0 Å². The van der Waals surface area contributed by atoms with Crippen molar-refractivity contribution in [1.82, 2.24) is 4.90 Å². The molecule has 0 saturated carbocycles. The van der Waals surface area contributed by atoms with Gasteiger partial charge in [0.05, 0.1) is 11.8 Å². The number of alkyl halides is 1. The third-order valence-electron chi connectivity index (χ3n) is 3.11. The summed E-state index contributed by atoms with van der Waals surface area (Å²) in [6.45, 7) is 1.22. The van der Waals surface area contributed by atoms with Crippen molar-refractivity contribution in [2.45, 2.75) is 24.6 Å². The summed E-state index contributed by atoms with van der Waals surface area (Å²) in [5, 5.41) is 0.293. The van der Waals surface area contributed by atoms with Crippen molar-refractivity contribution in [2.24, 2.45) is 0 Å². The number of carbonyl (C=O) groups excluding carboxylic acids is 1. The number of halogens is 3. The molecule has 0 N–H and O–H groups in total. The Hall–Kier alpha value is -0.800. The van der Waals surface area contributed by atoms with E-state index >= 15 is 0 Å². The van der Waals surface area contributed by atoms with Crippen molar-refractivity contribution in [2.75, 3.05) is 13.1 Å². The second kappa shape index (κ2) is 5.89. The number of amides is 1. The second-order valence-corrected chi connectivity index (χ2v) is 5.48. The molecule has 1 atom stereocenters. The molecule has 0 aliphatic carbocycles. The van der Waals surface area contributed by atoms with Crippen molar-refractivity contribution in [1.29, 1.82) is 0 Å². The maximum absolute atomic E-state index is 13.6. The molecule has 98 valence electrons. The molecule has 18 heavy (non-hydrogen) atoms. The van der Waals surface area contributed by atoms with Gasteiger partial charge in [0.15, 0.2) is 0 Å². The van der Waals surface area contributed by atoms with Gasteiger partial charge in [-0.3, -0.25) is 4.79 Å². The van der Waals surface area contributed by atoms with Gasteiger partial charge in [0, 0.05) is 23.7 Å². The molecule has 1 aromatic carbocycles. The maximum atomic E-state index is 13.6. The Morgan fingerprint density at radius 2 is 2.28 bits per heavy atom. The SMILES string of the molecule is O=C(Cc1c(F)cccc1Cl)N1CCCC(Cl)C1. The second-order valence-electron chi connectivity index (χ2n) is 4.46. The lowest BCUT2D eigenvalue weighted by atomic mass is 10.1. The molecule has 2 nitrogen and oxygen atoms in total. The molecule has 1 unspecified atom stereocenters. The zero-order valence-electron chi connectivity index (χ0n) is 9.83. The smallest absolute Gasteiger partial charge is 0.227 e. The number of hydrogen-bond donors (Lipinski definition) is 0. The van der Waals surface area contributed by atoms with Crippen molar-refractivity contribution >= 4 is 29.1 Å². The zero-order chi connectivity index (χ0) is 13.1. The van der Waals surface area contributed by atoms with Crippen molar-refractivity contribution < 1.29 is 9.18 Å². The largest absolute Gasteiger partial charge is 0.341 e. The summed E-state index contributed by atoms with van der Waals surface area (Å²) in [6.07, 6.45) is 1.81. The highest BCUT2D eigenvalue weighted by molar-refractivity contribution is 6.31. The van der Waals surface area contributed by atoms with Crippen LogP contribution in [0.15, 0.2) is 18.2 Å². The first kappa shape index (κ1) is 13.6. The van der Waals surface area contributed by atoms with Gasteiger partial charge < -0.3 is 4.90 Å². The van der Waals surface area contributed by atoms with E-state index in [4.69, 9.17) is 23.2 Å². The summed E-state index contributed by atoms with van der Waals surface area (Å²) in [5.41, 5.74) is 0.265. The van der Waals surface area contributed by atoms with Crippen LogP contribution in [0.2, 0.25) is 5.02 Å². The summed E-state index contributed by atoms with van der Waals surface area (Å²) in [7, 11) is 0. The topological polar surface area (TPSA) is 20.3 Å². The van der Waals surface area contributed by atoms with Crippen molar-refractivity contribution in [3.63, 3.8) is 0 Å². The summed E-state index contributed by atoms with van der Waals surface area (Å²) in [4.78, 5) is 13.7. The van der Waals surface area contributed by atoms with Crippen LogP contribution in [0.25, 0.3) is 0 Å². The number of carbonyl (C=O) groups is 1. The van der Waals surface area contributed by atoms with Gasteiger partial charge in [0.2, 0.25) is 5.91 Å². The minimum atomic E-state index is -0.435. The van der Waals surface area contributed by atoms with Crippen LogP contribution in [0.4, 0.5) is 4.39 Å². The highest BCUT2D eigenvalue weighted by Crippen LogP contribution is 2.21. The average molecular weight is 290 g/mol. The average Bonchev–Trinajstić information content (AvgIpc) is 2.34. The van der Waals surface area contributed by atoms with E-state index in [0.29, 0.717) is 18.1 Å². The van der Waals surface area contributed by atoms with E-state index in [1.54, 1.807) is 11.0 Å². The zero-order valence-corrected chi connectivity index (χ0v) is 11.3. The number of hydrogen-bond acceptors (Lipinski definition) is 1. The molecule has 1 amide bonds. The molecule has 0 aromatic heterocycles. The molecule has 1 heterocycles. The lowest BCUT2D eigenvalue weighted by Gasteiger charge is -2.30. The molecule has 1 saturated heterocycles. The number of piperidine rings is 1. The van der Waals surface area contributed by atoms with Gasteiger partial charge in [-0.2, -0.15) is 0 Å². The van der Waals surface area contributed by atoms with Crippen LogP contribution in [-0.2, 0) is 11.2 Å². The van der Waals surface area contributed by atoms with Crippen LogP contribution in [0.5, 0.6) is 0 Å². The van der Waals surface area contributed by atoms with Crippen LogP contribution in [0.1, 0.15) is 18.4 Å². The number of likely N-dealkylation sites (tertiary alicyclic amines) is 1. The Morgan fingerprint density at radius 1 is 1.50 bits per heavy atom. The molecular weight excluding hydrogens is 276 g/mol. The van der Waals surface area contributed by atoms with Crippen LogP contribution in [-0.4, -0.2) is 29.3 Å². The highest BCUT2D eigenvalue weighted by atomic mass is 35.5. The van der Waals surface area contributed by atoms with Gasteiger partial charge >= 0.3 is 0 Å². The van der Waals surface area contributed by atoms with E-state index < -0.39 is 5.82 Å². The summed E-state index contributed by atoms with van der Waals surface area (Å²) < 4.78 is 13.6. The first-order valence-corrected chi connectivity index (χ1v) is 6.74. The normalized spacial score (nSPS) is 19.9. The van der Waals surface area contributed by atoms with Gasteiger partial charge in [0.1, 0.15) is 5.82 Å². The molecular formula is C13H14Cl2FNO.